The summed E-state index contributed by atoms with van der Waals surface area (Å²) in [6.45, 7) is 3.07. The summed E-state index contributed by atoms with van der Waals surface area (Å²) in [5, 5.41) is 1.68. The molecule has 0 radical (unpaired) electrons. The summed E-state index contributed by atoms with van der Waals surface area (Å²) < 4.78 is 14.0. The first kappa shape index (κ1) is 12.5. The molecule has 0 saturated carbocycles. The third-order valence-electron chi connectivity index (χ3n) is 2.28. The van der Waals surface area contributed by atoms with Crippen LogP contribution in [0.5, 0.6) is 0 Å². The van der Waals surface area contributed by atoms with Gasteiger partial charge in [0, 0.05) is 25.0 Å². The first-order chi connectivity index (χ1) is 7.50. The molecule has 0 aliphatic heterocycles. The highest BCUT2D eigenvalue weighted by molar-refractivity contribution is 5.56. The molecule has 0 bridgehead atoms. The number of benzene rings is 1. The number of nitrogens with one attached hydrogen (secondary N) is 1. The lowest BCUT2D eigenvalue weighted by molar-refractivity contribution is 0.222. The van der Waals surface area contributed by atoms with Crippen LogP contribution >= 0.6 is 0 Å². The number of anilines is 1. The Morgan fingerprint density at radius 3 is 2.50 bits per heavy atom. The van der Waals surface area contributed by atoms with Crippen LogP contribution in [0.3, 0.4) is 0 Å². The van der Waals surface area contributed by atoms with E-state index >= 15 is 0 Å². The zero-order valence-electron chi connectivity index (χ0n) is 9.87. The lowest BCUT2D eigenvalue weighted by atomic mass is 9.98. The predicted octanol–water partition coefficient (Wildman–Crippen LogP) is 2.26. The molecule has 0 saturated heterocycles. The second kappa shape index (κ2) is 4.99. The molecule has 1 aromatic carbocycles. The van der Waals surface area contributed by atoms with Crippen molar-refractivity contribution < 1.29 is 4.39 Å². The summed E-state index contributed by atoms with van der Waals surface area (Å²) in [7, 11) is 1.75. The molecule has 3 nitrogen and oxygen atoms in total. The number of nitrogens with two attached hydrogens (primary N) is 1. The van der Waals surface area contributed by atoms with E-state index in [1.807, 2.05) is 18.2 Å². The van der Waals surface area contributed by atoms with Crippen molar-refractivity contribution in [2.75, 3.05) is 12.1 Å². The number of hydrazine groups is 1. The first-order valence-corrected chi connectivity index (χ1v) is 5.14. The van der Waals surface area contributed by atoms with E-state index < -0.39 is 5.67 Å². The monoisotopic (exact) mass is 223 g/mol. The van der Waals surface area contributed by atoms with Gasteiger partial charge in [0.2, 0.25) is 0 Å². The first-order valence-electron chi connectivity index (χ1n) is 5.14. The van der Waals surface area contributed by atoms with Crippen molar-refractivity contribution in [3.63, 3.8) is 0 Å². The van der Waals surface area contributed by atoms with Crippen molar-refractivity contribution in [2.24, 2.45) is 5.73 Å². The number of para-hydroxylation sites is 1. The Kier molecular flexibility index (Phi) is 3.90. The molecule has 0 unspecified atom stereocenters. The van der Waals surface area contributed by atoms with Gasteiger partial charge in [0.15, 0.2) is 0 Å². The largest absolute Gasteiger partial charge is 0.403 e. The van der Waals surface area contributed by atoms with Crippen LogP contribution in [-0.2, 0) is 5.67 Å². The maximum absolute atomic E-state index is 14.0. The van der Waals surface area contributed by atoms with Gasteiger partial charge in [0.05, 0.1) is 5.69 Å². The zero-order chi connectivity index (χ0) is 12.2. The Morgan fingerprint density at radius 2 is 2.00 bits per heavy atom. The van der Waals surface area contributed by atoms with Gasteiger partial charge < -0.3 is 5.73 Å². The highest BCUT2D eigenvalue weighted by Crippen LogP contribution is 2.32. The van der Waals surface area contributed by atoms with Crippen LogP contribution in [0, 0.1) is 0 Å². The molecular formula is C12H18FN3. The van der Waals surface area contributed by atoms with Crippen LogP contribution in [-0.4, -0.2) is 7.05 Å². The Labute approximate surface area is 95.7 Å². The molecule has 3 N–H and O–H groups in total. The smallest absolute Gasteiger partial charge is 0.132 e. The van der Waals surface area contributed by atoms with Gasteiger partial charge in [0.25, 0.3) is 0 Å². The Hall–Kier alpha value is -1.55. The van der Waals surface area contributed by atoms with E-state index in [2.05, 4.69) is 5.43 Å². The third-order valence-corrected chi connectivity index (χ3v) is 2.28. The molecule has 1 rings (SSSR count). The minimum Gasteiger partial charge on any atom is -0.403 e. The van der Waals surface area contributed by atoms with Crippen LogP contribution in [0.25, 0.3) is 0 Å². The fraction of sp³-hybridized carbons (Fsp3) is 0.333. The average molecular weight is 223 g/mol. The van der Waals surface area contributed by atoms with Crippen LogP contribution < -0.4 is 16.2 Å². The summed E-state index contributed by atoms with van der Waals surface area (Å²) in [6, 6.07) is 7.29. The Balaban J connectivity index is 3.21. The predicted molar refractivity (Wildman–Crippen MR) is 65.4 cm³/mol. The number of hydrogen-bond donors (Lipinski definition) is 2. The minimum absolute atomic E-state index is 0.613. The van der Waals surface area contributed by atoms with Crippen molar-refractivity contribution in [3.8, 4) is 0 Å². The topological polar surface area (TPSA) is 41.3 Å². The third kappa shape index (κ3) is 2.73. The Bertz CT molecular complexity index is 369. The molecule has 0 heterocycles. The van der Waals surface area contributed by atoms with Gasteiger partial charge in [-0.2, -0.15) is 0 Å². The van der Waals surface area contributed by atoms with Crippen LogP contribution in [0.1, 0.15) is 19.4 Å². The lowest BCUT2D eigenvalue weighted by Crippen LogP contribution is -2.32. The van der Waals surface area contributed by atoms with Crippen molar-refractivity contribution >= 4 is 5.69 Å². The van der Waals surface area contributed by atoms with Crippen LogP contribution in [0.15, 0.2) is 36.7 Å². The van der Waals surface area contributed by atoms with Gasteiger partial charge in [-0.15, -0.1) is 0 Å². The van der Waals surface area contributed by atoms with Gasteiger partial charge in [0.1, 0.15) is 5.67 Å². The molecular weight excluding hydrogens is 205 g/mol. The Morgan fingerprint density at radius 1 is 1.38 bits per heavy atom. The SMILES string of the molecule is CNN(/C=C\N)c1ccccc1C(C)(C)F. The zero-order valence-corrected chi connectivity index (χ0v) is 9.87. The van der Waals surface area contributed by atoms with E-state index in [0.29, 0.717) is 5.56 Å². The second-order valence-corrected chi connectivity index (χ2v) is 3.92. The summed E-state index contributed by atoms with van der Waals surface area (Å²) in [5.41, 5.74) is 8.25. The van der Waals surface area contributed by atoms with Crippen LogP contribution in [0.2, 0.25) is 0 Å². The van der Waals surface area contributed by atoms with Gasteiger partial charge in [-0.05, 0) is 19.9 Å². The molecule has 88 valence electrons. The maximum Gasteiger partial charge on any atom is 0.132 e. The van der Waals surface area contributed by atoms with Gasteiger partial charge in [-0.25, -0.2) is 9.82 Å². The number of nitrogens with zero attached hydrogens (tertiary/aromatic N) is 1. The van der Waals surface area contributed by atoms with Gasteiger partial charge >= 0.3 is 0 Å². The van der Waals surface area contributed by atoms with Crippen molar-refractivity contribution in [3.05, 3.63) is 42.2 Å². The van der Waals surface area contributed by atoms with E-state index in [4.69, 9.17) is 5.73 Å². The standard InChI is InChI=1S/C12H18FN3/c1-12(2,13)10-6-4-5-7-11(10)16(15-3)9-8-14/h4-9,15H,14H2,1-3H3/b9-8-. The summed E-state index contributed by atoms with van der Waals surface area (Å²) in [4.78, 5) is 0. The molecule has 0 atom stereocenters. The molecule has 0 aliphatic rings. The number of rotatable bonds is 4. The maximum atomic E-state index is 14.0. The van der Waals surface area contributed by atoms with E-state index in [1.165, 1.54) is 20.0 Å². The summed E-state index contributed by atoms with van der Waals surface area (Å²) >= 11 is 0. The molecule has 0 aliphatic carbocycles. The van der Waals surface area contributed by atoms with Crippen molar-refractivity contribution in [1.82, 2.24) is 5.43 Å². The number of halogens is 1. The fourth-order valence-corrected chi connectivity index (χ4v) is 1.55. The molecule has 0 aromatic heterocycles. The molecule has 0 fully saturated rings. The average Bonchev–Trinajstić information content (AvgIpc) is 2.25. The van der Waals surface area contributed by atoms with Gasteiger partial charge in [-0.1, -0.05) is 18.2 Å². The van der Waals surface area contributed by atoms with E-state index in [1.54, 1.807) is 24.3 Å². The quantitative estimate of drug-likeness (QED) is 0.769. The van der Waals surface area contributed by atoms with Gasteiger partial charge in [-0.3, -0.25) is 5.01 Å². The molecule has 1 aromatic rings. The van der Waals surface area contributed by atoms with Crippen LogP contribution in [0.4, 0.5) is 10.1 Å². The summed E-state index contributed by atoms with van der Waals surface area (Å²) in [6.07, 6.45) is 3.04. The molecule has 16 heavy (non-hydrogen) atoms. The van der Waals surface area contributed by atoms with E-state index in [9.17, 15) is 4.39 Å². The fourth-order valence-electron chi connectivity index (χ4n) is 1.55. The van der Waals surface area contributed by atoms with Crippen molar-refractivity contribution in [1.29, 1.82) is 0 Å². The number of hydrogen-bond acceptors (Lipinski definition) is 3. The lowest BCUT2D eigenvalue weighted by Gasteiger charge is -2.26. The highest BCUT2D eigenvalue weighted by atomic mass is 19.1. The molecule has 4 heteroatoms. The second-order valence-electron chi connectivity index (χ2n) is 3.92. The minimum atomic E-state index is -1.39. The number of alkyl halides is 1. The molecule has 0 spiro atoms. The summed E-state index contributed by atoms with van der Waals surface area (Å²) in [5.74, 6) is 0. The molecule has 0 amide bonds. The normalized spacial score (nSPS) is 12.0. The van der Waals surface area contributed by atoms with E-state index in [0.717, 1.165) is 5.69 Å². The van der Waals surface area contributed by atoms with E-state index in [-0.39, 0.29) is 0 Å². The van der Waals surface area contributed by atoms with Crippen molar-refractivity contribution in [2.45, 2.75) is 19.5 Å². The highest BCUT2D eigenvalue weighted by Gasteiger charge is 2.23.